The number of piperidine rings is 1. The summed E-state index contributed by atoms with van der Waals surface area (Å²) >= 11 is 0. The normalized spacial score (nSPS) is 26.9. The first-order valence-corrected chi connectivity index (χ1v) is 9.03. The molecule has 7 heteroatoms. The van der Waals surface area contributed by atoms with Gasteiger partial charge in [0, 0.05) is 5.70 Å². The molecule has 0 bridgehead atoms. The van der Waals surface area contributed by atoms with E-state index in [4.69, 9.17) is 9.15 Å². The number of hydrogen-bond acceptors (Lipinski definition) is 5. The smallest absolute Gasteiger partial charge is 0.317 e. The SMILES string of the molecule is COC(=O)[C@@]12C[C@H](CC(=O)O)C(=O)N(Cc3ccco3)C1=CCC(C)(C)C2. The Balaban J connectivity index is 2.09. The van der Waals surface area contributed by atoms with Crippen LogP contribution in [0.4, 0.5) is 0 Å². The minimum atomic E-state index is -1.06. The molecule has 2 atom stereocenters. The lowest BCUT2D eigenvalue weighted by Crippen LogP contribution is -2.55. The van der Waals surface area contributed by atoms with Gasteiger partial charge in [0.25, 0.3) is 0 Å². The third-order valence-electron chi connectivity index (χ3n) is 5.51. The molecule has 2 aliphatic rings. The van der Waals surface area contributed by atoms with E-state index >= 15 is 0 Å². The molecular formula is C20H25NO6. The van der Waals surface area contributed by atoms with Crippen molar-refractivity contribution in [1.82, 2.24) is 4.90 Å². The number of nitrogens with zero attached hydrogens (tertiary/aromatic N) is 1. The molecule has 27 heavy (non-hydrogen) atoms. The Hall–Kier alpha value is -2.57. The van der Waals surface area contributed by atoms with Crippen LogP contribution in [0.25, 0.3) is 0 Å². The lowest BCUT2D eigenvalue weighted by molar-refractivity contribution is -0.164. The van der Waals surface area contributed by atoms with Crippen molar-refractivity contribution in [2.45, 2.75) is 46.1 Å². The number of methoxy groups -OCH3 is 1. The van der Waals surface area contributed by atoms with E-state index in [1.807, 2.05) is 6.08 Å². The lowest BCUT2D eigenvalue weighted by Gasteiger charge is -2.51. The van der Waals surface area contributed by atoms with Gasteiger partial charge < -0.3 is 19.2 Å². The maximum Gasteiger partial charge on any atom is 0.317 e. The van der Waals surface area contributed by atoms with E-state index in [1.54, 1.807) is 12.1 Å². The molecule has 7 nitrogen and oxygen atoms in total. The van der Waals surface area contributed by atoms with Crippen LogP contribution < -0.4 is 0 Å². The van der Waals surface area contributed by atoms with Crippen molar-refractivity contribution in [3.8, 4) is 0 Å². The average molecular weight is 375 g/mol. The monoisotopic (exact) mass is 375 g/mol. The van der Waals surface area contributed by atoms with Gasteiger partial charge in [0.15, 0.2) is 0 Å². The average Bonchev–Trinajstić information content (AvgIpc) is 3.09. The van der Waals surface area contributed by atoms with Crippen LogP contribution in [-0.2, 0) is 25.7 Å². The molecule has 146 valence electrons. The molecular weight excluding hydrogens is 350 g/mol. The van der Waals surface area contributed by atoms with Crippen molar-refractivity contribution in [3.63, 3.8) is 0 Å². The van der Waals surface area contributed by atoms with Crippen molar-refractivity contribution >= 4 is 17.8 Å². The maximum atomic E-state index is 13.1. The summed E-state index contributed by atoms with van der Waals surface area (Å²) in [5, 5.41) is 9.28. The molecule has 1 N–H and O–H groups in total. The fourth-order valence-corrected chi connectivity index (χ4v) is 4.49. The molecule has 1 aromatic heterocycles. The fourth-order valence-electron chi connectivity index (χ4n) is 4.49. The number of carbonyl (C=O) groups excluding carboxylic acids is 2. The number of amides is 1. The van der Waals surface area contributed by atoms with Gasteiger partial charge in [-0.15, -0.1) is 0 Å². The summed E-state index contributed by atoms with van der Waals surface area (Å²) in [5.41, 5.74) is -0.587. The van der Waals surface area contributed by atoms with Gasteiger partial charge in [-0.1, -0.05) is 19.9 Å². The first kappa shape index (κ1) is 19.2. The Morgan fingerprint density at radius 3 is 2.74 bits per heavy atom. The standard InChI is InChI=1S/C20H25NO6/c1-19(2)7-6-15-20(12-19,18(25)26-3)10-13(9-16(22)23)17(24)21(15)11-14-5-4-8-27-14/h4-6,8,13H,7,9-12H2,1-3H3,(H,22,23)/t13-,20+/m0/s1. The van der Waals surface area contributed by atoms with Gasteiger partial charge in [-0.05, 0) is 36.8 Å². The summed E-state index contributed by atoms with van der Waals surface area (Å²) in [6.45, 7) is 4.28. The summed E-state index contributed by atoms with van der Waals surface area (Å²) in [4.78, 5) is 38.9. The minimum absolute atomic E-state index is 0.148. The van der Waals surface area contributed by atoms with Crippen molar-refractivity contribution in [2.24, 2.45) is 16.7 Å². The van der Waals surface area contributed by atoms with Gasteiger partial charge >= 0.3 is 11.9 Å². The van der Waals surface area contributed by atoms with Crippen LogP contribution in [0.2, 0.25) is 0 Å². The highest BCUT2D eigenvalue weighted by Gasteiger charge is 2.57. The minimum Gasteiger partial charge on any atom is -0.481 e. The van der Waals surface area contributed by atoms with Gasteiger partial charge in [0.2, 0.25) is 5.91 Å². The summed E-state index contributed by atoms with van der Waals surface area (Å²) in [7, 11) is 1.33. The van der Waals surface area contributed by atoms with E-state index in [2.05, 4.69) is 13.8 Å². The largest absolute Gasteiger partial charge is 0.481 e. The summed E-state index contributed by atoms with van der Waals surface area (Å²) in [6, 6.07) is 3.48. The number of carbonyl (C=O) groups is 3. The topological polar surface area (TPSA) is 97.1 Å². The molecule has 1 saturated heterocycles. The molecule has 1 amide bonds. The van der Waals surface area contributed by atoms with E-state index in [0.717, 1.165) is 0 Å². The number of hydrogen-bond donors (Lipinski definition) is 1. The zero-order chi connectivity index (χ0) is 19.8. The Labute approximate surface area is 158 Å². The number of aliphatic carboxylic acids is 1. The number of carboxylic acids is 1. The second kappa shape index (κ2) is 6.87. The van der Waals surface area contributed by atoms with E-state index in [9.17, 15) is 19.5 Å². The number of rotatable bonds is 5. The molecule has 1 fully saturated rings. The Bertz CT molecular complexity index is 778. The van der Waals surface area contributed by atoms with Crippen LogP contribution in [0, 0.1) is 16.7 Å². The summed E-state index contributed by atoms with van der Waals surface area (Å²) < 4.78 is 10.5. The maximum absolute atomic E-state index is 13.1. The van der Waals surface area contributed by atoms with Gasteiger partial charge in [0.1, 0.15) is 11.2 Å². The van der Waals surface area contributed by atoms with Crippen molar-refractivity contribution in [2.75, 3.05) is 7.11 Å². The highest BCUT2D eigenvalue weighted by atomic mass is 16.5. The van der Waals surface area contributed by atoms with Crippen LogP contribution in [0.3, 0.4) is 0 Å². The quantitative estimate of drug-likeness (QED) is 0.795. The van der Waals surface area contributed by atoms with Gasteiger partial charge in [0.05, 0.1) is 32.3 Å². The van der Waals surface area contributed by atoms with Gasteiger partial charge in [-0.25, -0.2) is 0 Å². The zero-order valence-corrected chi connectivity index (χ0v) is 15.9. The summed E-state index contributed by atoms with van der Waals surface area (Å²) in [6.07, 6.45) is 4.49. The number of fused-ring (bicyclic) bond motifs is 1. The number of ether oxygens (including phenoxy) is 1. The highest BCUT2D eigenvalue weighted by molar-refractivity contribution is 5.91. The van der Waals surface area contributed by atoms with Gasteiger partial charge in [-0.2, -0.15) is 0 Å². The first-order chi connectivity index (χ1) is 12.7. The molecule has 2 heterocycles. The lowest BCUT2D eigenvalue weighted by atomic mass is 9.60. The Morgan fingerprint density at radius 1 is 1.41 bits per heavy atom. The molecule has 1 aliphatic heterocycles. The van der Waals surface area contributed by atoms with E-state index in [1.165, 1.54) is 18.3 Å². The number of likely N-dealkylation sites (tertiary alicyclic amines) is 1. The van der Waals surface area contributed by atoms with Crippen LogP contribution >= 0.6 is 0 Å². The number of allylic oxidation sites excluding steroid dienone is 1. The molecule has 3 rings (SSSR count). The molecule has 0 unspecified atom stereocenters. The molecule has 0 spiro atoms. The third-order valence-corrected chi connectivity index (χ3v) is 5.51. The predicted molar refractivity (Wildman–Crippen MR) is 95.2 cm³/mol. The Kier molecular flexibility index (Phi) is 4.88. The van der Waals surface area contributed by atoms with Crippen LogP contribution in [0.15, 0.2) is 34.6 Å². The molecule has 0 aromatic carbocycles. The molecule has 1 aliphatic carbocycles. The number of esters is 1. The van der Waals surface area contributed by atoms with E-state index in [-0.39, 0.29) is 30.7 Å². The van der Waals surface area contributed by atoms with Gasteiger partial charge in [-0.3, -0.25) is 14.4 Å². The molecule has 0 saturated carbocycles. The second-order valence-electron chi connectivity index (χ2n) is 8.21. The van der Waals surface area contributed by atoms with Crippen molar-refractivity contribution in [1.29, 1.82) is 0 Å². The first-order valence-electron chi connectivity index (χ1n) is 9.03. The Morgan fingerprint density at radius 2 is 2.15 bits per heavy atom. The summed E-state index contributed by atoms with van der Waals surface area (Å²) in [5.74, 6) is -1.99. The van der Waals surface area contributed by atoms with Crippen LogP contribution in [0.5, 0.6) is 0 Å². The van der Waals surface area contributed by atoms with Crippen molar-refractivity contribution < 1.29 is 28.6 Å². The second-order valence-corrected chi connectivity index (χ2v) is 8.21. The van der Waals surface area contributed by atoms with Crippen LogP contribution in [-0.4, -0.2) is 35.0 Å². The molecule has 0 radical (unpaired) electrons. The van der Waals surface area contributed by atoms with Crippen LogP contribution in [0.1, 0.15) is 45.3 Å². The van der Waals surface area contributed by atoms with E-state index in [0.29, 0.717) is 24.3 Å². The third kappa shape index (κ3) is 3.50. The van der Waals surface area contributed by atoms with Crippen molar-refractivity contribution in [3.05, 3.63) is 35.9 Å². The predicted octanol–water partition coefficient (Wildman–Crippen LogP) is 2.97. The number of carboxylic acid groups (broad SMARTS) is 1. The van der Waals surface area contributed by atoms with E-state index < -0.39 is 23.3 Å². The fraction of sp³-hybridized carbons (Fsp3) is 0.550. The highest BCUT2D eigenvalue weighted by Crippen LogP contribution is 2.55. The number of furan rings is 1. The molecule has 1 aromatic rings. The zero-order valence-electron chi connectivity index (χ0n) is 15.9.